The standard InChI is InChI=1S/C43H23N5O.C41H27N5O.C37H19N5O.3Pd/c1-3-9-26(10-4-1)30-20-22-45-43-39(30)34-14-7-13-33-31-18-16-29(24-38(31)48(43)41(33)34)49-28-17-19-32-35(23-28)42-46-36(27-11-5-2-6-12-27)25-47(42)37-15-8-21-44-40(32)37;1-41(2,3)32-18-20-43-40-36(32)30-12-7-11-29-27-16-14-26(22-35(27)46(40)38(29)30)47-25-15-17-28-31(21-25)39-44-33(24-9-5-4-6-10-24)23-45(39)34-13-8-19-42-37(28)34;1-2-7-22(8-3-1)31-21-41-32-12-6-17-38-34(32)26-16-14-23(19-30(26)37(41)40-31)43-24-13-15-25-27-9-4-10-28-29-11-5-18-39-36(29)42(35(27)28)33(25)20-24;;;/h1-22,25H;4-20,23H,1-3H3;1-18,21H;;;/q3*-2;3*+2. The molecule has 0 N–H and O–H groups in total. The van der Waals surface area contributed by atoms with Crippen LogP contribution in [0, 0.1) is 36.4 Å². The minimum absolute atomic E-state index is 0. The van der Waals surface area contributed by atoms with Gasteiger partial charge in [-0.1, -0.05) is 282 Å². The van der Waals surface area contributed by atoms with Crippen LogP contribution < -0.4 is 14.2 Å². The van der Waals surface area contributed by atoms with Gasteiger partial charge in [0.1, 0.15) is 16.9 Å². The first-order chi connectivity index (χ1) is 68.5. The molecule has 0 aliphatic rings. The SMILES string of the molecule is CC(C)(C)c1ccnc2c1c1cccc3c4ccc(Oc5[c-]c6c(cc5)c5ncccc5n5cc(-c7ccccc7)nc65)[c-]c4n2c31.[Pd+2].[Pd+2].[Pd+2].[c-]1c(Oc2[c-]c3c(cc2)c2cccc4c5c(-c6ccccc6)ccnc5n3c24)ccc2c1c1nc(-c3ccccc3)cn1c1cccnc21.[c-]1c(Oc2[c-]c3c(cc2)c2cccc4c5cccnc5n3c24)ccc2c1c1nc(-c3ccccc3)cn1c1cccnc21. The van der Waals surface area contributed by atoms with Gasteiger partial charge >= 0.3 is 61.3 Å². The molecule has 0 unspecified atom stereocenters. The molecule has 18 nitrogen and oxygen atoms in total. The number of pyridine rings is 9. The molecule has 21 heteroatoms. The van der Waals surface area contributed by atoms with Gasteiger partial charge in [0.15, 0.2) is 0 Å². The van der Waals surface area contributed by atoms with E-state index in [1.54, 1.807) is 0 Å². The Labute approximate surface area is 849 Å². The van der Waals surface area contributed by atoms with Gasteiger partial charge in [-0.25, -0.2) is 15.0 Å². The zero-order valence-electron chi connectivity index (χ0n) is 75.5. The summed E-state index contributed by atoms with van der Waals surface area (Å²) in [6.45, 7) is 6.77. The maximum absolute atomic E-state index is 6.54. The van der Waals surface area contributed by atoms with Crippen molar-refractivity contribution in [3.8, 4) is 79.4 Å². The molecule has 0 bridgehead atoms. The van der Waals surface area contributed by atoms with Gasteiger partial charge < -0.3 is 40.6 Å². The first-order valence-corrected chi connectivity index (χ1v) is 46.1. The van der Waals surface area contributed by atoms with Crippen LogP contribution in [-0.4, -0.2) is 71.3 Å². The number of benzene rings is 13. The Kier molecular flexibility index (Phi) is 20.0. The van der Waals surface area contributed by atoms with E-state index in [2.05, 4.69) is 284 Å². The Hall–Kier alpha value is -16.8. The van der Waals surface area contributed by atoms with E-state index in [9.17, 15) is 0 Å². The average molecular weight is 2100 g/mol. The second-order valence-corrected chi connectivity index (χ2v) is 36.3. The number of rotatable bonds is 10. The quantitative estimate of drug-likeness (QED) is 0.0722. The molecule has 18 heterocycles. The summed E-state index contributed by atoms with van der Waals surface area (Å²) in [5.41, 5.74) is 26.5. The minimum atomic E-state index is -0.0259. The van der Waals surface area contributed by atoms with Crippen molar-refractivity contribution in [1.82, 2.24) is 71.3 Å². The molecule has 0 saturated heterocycles. The second-order valence-electron chi connectivity index (χ2n) is 36.3. The van der Waals surface area contributed by atoms with Crippen LogP contribution in [0.4, 0.5) is 0 Å². The second kappa shape index (κ2) is 33.2. The molecule has 0 amide bonds. The van der Waals surface area contributed by atoms with Crippen LogP contribution in [0.2, 0.25) is 0 Å². The summed E-state index contributed by atoms with van der Waals surface area (Å²) in [5.74, 6) is 3.56. The molecule has 0 radical (unpaired) electrons. The molecular formula is C121H69N15O3Pd3. The van der Waals surface area contributed by atoms with Crippen molar-refractivity contribution >= 4 is 197 Å². The Morgan fingerprint density at radius 1 is 0.239 bits per heavy atom. The van der Waals surface area contributed by atoms with Crippen LogP contribution >= 0.6 is 0 Å². The van der Waals surface area contributed by atoms with Crippen LogP contribution in [-0.2, 0) is 66.7 Å². The van der Waals surface area contributed by atoms with Crippen molar-refractivity contribution in [2.24, 2.45) is 0 Å². The Bertz CT molecular complexity index is 10500. The Balaban J connectivity index is 0.000000108. The summed E-state index contributed by atoms with van der Waals surface area (Å²) >= 11 is 0. The fourth-order valence-electron chi connectivity index (χ4n) is 21.3. The Morgan fingerprint density at radius 3 is 0.951 bits per heavy atom. The van der Waals surface area contributed by atoms with Gasteiger partial charge in [-0.2, -0.15) is 18.2 Å². The van der Waals surface area contributed by atoms with Gasteiger partial charge in [-0.15, -0.1) is 70.8 Å². The largest absolute Gasteiger partial charge is 2.00 e. The monoisotopic (exact) mass is 2100 g/mol. The topological polar surface area (TPSA) is 170 Å². The zero-order valence-corrected chi connectivity index (χ0v) is 80.2. The van der Waals surface area contributed by atoms with E-state index >= 15 is 0 Å². The fraction of sp³-hybridized carbons (Fsp3) is 0.0331. The summed E-state index contributed by atoms with van der Waals surface area (Å²) in [6, 6.07) is 127. The zero-order chi connectivity index (χ0) is 91.6. The van der Waals surface area contributed by atoms with Crippen LogP contribution in [0.15, 0.2) is 365 Å². The van der Waals surface area contributed by atoms with Gasteiger partial charge in [0, 0.05) is 156 Å². The van der Waals surface area contributed by atoms with E-state index in [1.165, 1.54) is 54.3 Å². The van der Waals surface area contributed by atoms with Crippen molar-refractivity contribution in [2.75, 3.05) is 0 Å². The molecule has 0 aliphatic heterocycles. The molecule has 676 valence electrons. The molecule has 13 aromatic carbocycles. The van der Waals surface area contributed by atoms with Gasteiger partial charge in [0.25, 0.3) is 0 Å². The van der Waals surface area contributed by atoms with E-state index < -0.39 is 0 Å². The average Bonchev–Trinajstić information content (AvgIpc) is 1.53. The van der Waals surface area contributed by atoms with Crippen molar-refractivity contribution in [3.05, 3.63) is 407 Å². The number of hydrogen-bond acceptors (Lipinski definition) is 12. The number of aromatic nitrogens is 15. The van der Waals surface area contributed by atoms with E-state index in [0.717, 1.165) is 193 Å². The molecule has 31 rings (SSSR count). The minimum Gasteiger partial charge on any atom is -0.503 e. The number of hydrogen-bond donors (Lipinski definition) is 0. The van der Waals surface area contributed by atoms with E-state index in [-0.39, 0.29) is 66.7 Å². The summed E-state index contributed by atoms with van der Waals surface area (Å²) in [7, 11) is 0. The molecular weight excluding hydrogens is 2030 g/mol. The summed E-state index contributed by atoms with van der Waals surface area (Å²) in [4.78, 5) is 44.0. The number of imidazole rings is 3. The number of fused-ring (bicyclic) bond motifs is 36. The van der Waals surface area contributed by atoms with E-state index in [1.807, 2.05) is 165 Å². The Morgan fingerprint density at radius 2 is 0.549 bits per heavy atom. The van der Waals surface area contributed by atoms with Crippen LogP contribution in [0.3, 0.4) is 0 Å². The summed E-state index contributed by atoms with van der Waals surface area (Å²) < 4.78 is 32.5. The predicted octanol–water partition coefficient (Wildman–Crippen LogP) is 28.9. The normalized spacial score (nSPS) is 12.0. The maximum atomic E-state index is 6.54. The summed E-state index contributed by atoms with van der Waals surface area (Å²) in [6.07, 6.45) is 17.3. The van der Waals surface area contributed by atoms with Crippen molar-refractivity contribution in [3.63, 3.8) is 0 Å². The van der Waals surface area contributed by atoms with Crippen LogP contribution in [0.5, 0.6) is 34.5 Å². The van der Waals surface area contributed by atoms with Crippen LogP contribution in [0.25, 0.3) is 242 Å². The molecule has 0 atom stereocenters. The van der Waals surface area contributed by atoms with E-state index in [4.69, 9.17) is 59.1 Å². The van der Waals surface area contributed by atoms with Gasteiger partial charge in [0.2, 0.25) is 0 Å². The number of ether oxygens (including phenoxy) is 3. The molecule has 0 aliphatic carbocycles. The molecule has 142 heavy (non-hydrogen) atoms. The van der Waals surface area contributed by atoms with Crippen LogP contribution in [0.1, 0.15) is 26.3 Å². The third-order valence-corrected chi connectivity index (χ3v) is 27.3. The van der Waals surface area contributed by atoms with E-state index in [0.29, 0.717) is 34.5 Å². The van der Waals surface area contributed by atoms with Gasteiger partial charge in [-0.3, -0.25) is 29.9 Å². The fourth-order valence-corrected chi connectivity index (χ4v) is 21.3. The van der Waals surface area contributed by atoms with Crippen molar-refractivity contribution in [2.45, 2.75) is 26.2 Å². The first kappa shape index (κ1) is 85.6. The third kappa shape index (κ3) is 13.2. The molecule has 0 spiro atoms. The molecule has 31 aromatic rings. The van der Waals surface area contributed by atoms with Crippen molar-refractivity contribution < 1.29 is 75.5 Å². The summed E-state index contributed by atoms with van der Waals surface area (Å²) in [5, 5.41) is 19.4. The van der Waals surface area contributed by atoms with Gasteiger partial charge in [-0.05, 0) is 98.9 Å². The smallest absolute Gasteiger partial charge is 0.503 e. The molecule has 0 saturated carbocycles. The third-order valence-electron chi connectivity index (χ3n) is 27.3. The maximum Gasteiger partial charge on any atom is 2.00 e. The first-order valence-electron chi connectivity index (χ1n) is 46.1. The predicted molar refractivity (Wildman–Crippen MR) is 554 cm³/mol. The van der Waals surface area contributed by atoms with Gasteiger partial charge in [0.05, 0.1) is 67.1 Å². The molecule has 18 aromatic heterocycles. The molecule has 0 fully saturated rings. The van der Waals surface area contributed by atoms with Crippen molar-refractivity contribution in [1.29, 1.82) is 0 Å². The number of nitrogens with zero attached hydrogens (tertiary/aromatic N) is 15. The number of para-hydroxylation sites is 3.